The van der Waals surface area contributed by atoms with Crippen LogP contribution in [-0.4, -0.2) is 25.3 Å². The molecule has 17 heavy (non-hydrogen) atoms. The van der Waals surface area contributed by atoms with E-state index in [4.69, 9.17) is 14.6 Å². The van der Waals surface area contributed by atoms with Crippen LogP contribution in [0.25, 0.3) is 0 Å². The average molecular weight is 303 g/mol. The van der Waals surface area contributed by atoms with Crippen LogP contribution >= 0.6 is 15.9 Å². The van der Waals surface area contributed by atoms with Crippen molar-refractivity contribution in [2.45, 2.75) is 19.3 Å². The third-order valence-corrected chi connectivity index (χ3v) is 3.20. The molecule has 1 atom stereocenters. The lowest BCUT2D eigenvalue weighted by molar-refractivity contribution is -0.137. The molecule has 0 bridgehead atoms. The number of hydrogen-bond acceptors (Lipinski definition) is 3. The van der Waals surface area contributed by atoms with Crippen LogP contribution in [0.2, 0.25) is 0 Å². The summed E-state index contributed by atoms with van der Waals surface area (Å²) in [4.78, 5) is 10.7. The van der Waals surface area contributed by atoms with Gasteiger partial charge in [-0.1, -0.05) is 22.9 Å². The predicted molar refractivity (Wildman–Crippen MR) is 67.9 cm³/mol. The molecular weight excluding hydrogens is 288 g/mol. The summed E-state index contributed by atoms with van der Waals surface area (Å²) in [5.74, 6) is 0.300. The van der Waals surface area contributed by atoms with Gasteiger partial charge in [-0.15, -0.1) is 0 Å². The van der Waals surface area contributed by atoms with Crippen molar-refractivity contribution in [1.29, 1.82) is 0 Å². The van der Waals surface area contributed by atoms with Crippen LogP contribution in [0.15, 0.2) is 16.6 Å². The molecule has 0 saturated heterocycles. The largest absolute Gasteiger partial charge is 0.493 e. The Kier molecular flexibility index (Phi) is 4.81. The third kappa shape index (κ3) is 3.36. The van der Waals surface area contributed by atoms with E-state index in [0.29, 0.717) is 11.5 Å². The fraction of sp³-hybridized carbons (Fsp3) is 0.417. The van der Waals surface area contributed by atoms with Gasteiger partial charge in [0.25, 0.3) is 0 Å². The van der Waals surface area contributed by atoms with Crippen molar-refractivity contribution in [3.63, 3.8) is 0 Å². The van der Waals surface area contributed by atoms with Crippen LogP contribution in [0, 0.1) is 0 Å². The lowest BCUT2D eigenvalue weighted by Crippen LogP contribution is -2.04. The Morgan fingerprint density at radius 2 is 1.88 bits per heavy atom. The van der Waals surface area contributed by atoms with Gasteiger partial charge in [0.1, 0.15) is 0 Å². The zero-order chi connectivity index (χ0) is 13.0. The molecule has 1 aromatic rings. The molecule has 1 rings (SSSR count). The zero-order valence-electron chi connectivity index (χ0n) is 9.99. The second-order valence-electron chi connectivity index (χ2n) is 3.73. The van der Waals surface area contributed by atoms with E-state index in [-0.39, 0.29) is 12.3 Å². The van der Waals surface area contributed by atoms with Gasteiger partial charge < -0.3 is 14.6 Å². The Hall–Kier alpha value is -1.23. The minimum Gasteiger partial charge on any atom is -0.493 e. The molecule has 0 aliphatic rings. The van der Waals surface area contributed by atoms with Gasteiger partial charge in [0.05, 0.1) is 20.6 Å². The van der Waals surface area contributed by atoms with Crippen molar-refractivity contribution in [2.75, 3.05) is 14.2 Å². The van der Waals surface area contributed by atoms with Crippen molar-refractivity contribution in [3.8, 4) is 11.5 Å². The summed E-state index contributed by atoms with van der Waals surface area (Å²) in [6.45, 7) is 1.86. The number of ether oxygens (including phenoxy) is 2. The van der Waals surface area contributed by atoms with Gasteiger partial charge in [0, 0.05) is 4.47 Å². The minimum absolute atomic E-state index is 0.0775. The molecule has 0 heterocycles. The van der Waals surface area contributed by atoms with E-state index in [1.54, 1.807) is 26.4 Å². The highest BCUT2D eigenvalue weighted by atomic mass is 79.9. The number of aliphatic carboxylic acids is 1. The molecule has 0 spiro atoms. The minimum atomic E-state index is -0.820. The van der Waals surface area contributed by atoms with E-state index >= 15 is 0 Å². The fourth-order valence-electron chi connectivity index (χ4n) is 1.62. The first-order chi connectivity index (χ1) is 7.99. The summed E-state index contributed by atoms with van der Waals surface area (Å²) >= 11 is 3.41. The van der Waals surface area contributed by atoms with Crippen molar-refractivity contribution in [1.82, 2.24) is 0 Å². The van der Waals surface area contributed by atoms with Crippen LogP contribution in [0.5, 0.6) is 11.5 Å². The Morgan fingerprint density at radius 1 is 1.35 bits per heavy atom. The lowest BCUT2D eigenvalue weighted by Gasteiger charge is -2.15. The van der Waals surface area contributed by atoms with E-state index in [0.717, 1.165) is 10.0 Å². The first-order valence-corrected chi connectivity index (χ1v) is 5.92. The molecule has 1 aromatic carbocycles. The molecule has 0 aromatic heterocycles. The molecule has 0 fully saturated rings. The summed E-state index contributed by atoms with van der Waals surface area (Å²) in [6.07, 6.45) is 0.0775. The van der Waals surface area contributed by atoms with E-state index < -0.39 is 5.97 Å². The first kappa shape index (κ1) is 13.8. The Labute approximate surface area is 109 Å². The maximum absolute atomic E-state index is 10.7. The van der Waals surface area contributed by atoms with Crippen molar-refractivity contribution >= 4 is 21.9 Å². The molecule has 0 radical (unpaired) electrons. The highest BCUT2D eigenvalue weighted by molar-refractivity contribution is 9.10. The van der Waals surface area contributed by atoms with Crippen LogP contribution in [0.4, 0.5) is 0 Å². The quantitative estimate of drug-likeness (QED) is 0.908. The fourth-order valence-corrected chi connectivity index (χ4v) is 2.33. The SMILES string of the molecule is COc1cc(Br)c(C(C)CC(=O)O)cc1OC. The van der Waals surface area contributed by atoms with E-state index in [1.807, 2.05) is 6.92 Å². The molecule has 4 nitrogen and oxygen atoms in total. The summed E-state index contributed by atoms with van der Waals surface area (Å²) < 4.78 is 11.2. The number of halogens is 1. The zero-order valence-corrected chi connectivity index (χ0v) is 11.6. The van der Waals surface area contributed by atoms with Gasteiger partial charge in [0.2, 0.25) is 0 Å². The molecule has 94 valence electrons. The highest BCUT2D eigenvalue weighted by Crippen LogP contribution is 2.37. The van der Waals surface area contributed by atoms with Crippen molar-refractivity contribution in [3.05, 3.63) is 22.2 Å². The van der Waals surface area contributed by atoms with Gasteiger partial charge in [-0.2, -0.15) is 0 Å². The van der Waals surface area contributed by atoms with Crippen LogP contribution in [0.3, 0.4) is 0 Å². The number of carboxylic acid groups (broad SMARTS) is 1. The Bertz CT molecular complexity index is 417. The number of rotatable bonds is 5. The Balaban J connectivity index is 3.11. The number of hydrogen-bond donors (Lipinski definition) is 1. The topological polar surface area (TPSA) is 55.8 Å². The normalized spacial score (nSPS) is 12.0. The second kappa shape index (κ2) is 5.91. The molecule has 0 aliphatic heterocycles. The van der Waals surface area contributed by atoms with Crippen LogP contribution in [0.1, 0.15) is 24.8 Å². The van der Waals surface area contributed by atoms with E-state index in [1.165, 1.54) is 0 Å². The number of methoxy groups -OCH3 is 2. The molecule has 0 amide bonds. The maximum atomic E-state index is 10.7. The number of carboxylic acids is 1. The third-order valence-electron chi connectivity index (χ3n) is 2.51. The monoisotopic (exact) mass is 302 g/mol. The average Bonchev–Trinajstić information content (AvgIpc) is 2.27. The summed E-state index contributed by atoms with van der Waals surface area (Å²) in [7, 11) is 3.11. The smallest absolute Gasteiger partial charge is 0.303 e. The van der Waals surface area contributed by atoms with E-state index in [2.05, 4.69) is 15.9 Å². The standard InChI is InChI=1S/C12H15BrO4/c1-7(4-12(14)15)8-5-10(16-2)11(17-3)6-9(8)13/h5-7H,4H2,1-3H3,(H,14,15). The molecule has 1 N–H and O–H groups in total. The summed E-state index contributed by atoms with van der Waals surface area (Å²) in [5.41, 5.74) is 0.894. The highest BCUT2D eigenvalue weighted by Gasteiger charge is 2.16. The van der Waals surface area contributed by atoms with E-state index in [9.17, 15) is 4.79 Å². The van der Waals surface area contributed by atoms with Crippen LogP contribution < -0.4 is 9.47 Å². The first-order valence-electron chi connectivity index (χ1n) is 5.12. The predicted octanol–water partition coefficient (Wildman–Crippen LogP) is 3.04. The molecular formula is C12H15BrO4. The van der Waals surface area contributed by atoms with Crippen molar-refractivity contribution < 1.29 is 19.4 Å². The number of benzene rings is 1. The summed E-state index contributed by atoms with van der Waals surface area (Å²) in [5, 5.41) is 8.79. The summed E-state index contributed by atoms with van der Waals surface area (Å²) in [6, 6.07) is 3.59. The van der Waals surface area contributed by atoms with Gasteiger partial charge in [0.15, 0.2) is 11.5 Å². The maximum Gasteiger partial charge on any atom is 0.303 e. The molecule has 1 unspecified atom stereocenters. The van der Waals surface area contributed by atoms with Gasteiger partial charge in [-0.05, 0) is 23.6 Å². The second-order valence-corrected chi connectivity index (χ2v) is 4.58. The molecule has 0 saturated carbocycles. The number of carbonyl (C=O) groups is 1. The van der Waals surface area contributed by atoms with Crippen LogP contribution in [-0.2, 0) is 4.79 Å². The van der Waals surface area contributed by atoms with Gasteiger partial charge >= 0.3 is 5.97 Å². The molecule has 0 aliphatic carbocycles. The lowest BCUT2D eigenvalue weighted by atomic mass is 9.97. The van der Waals surface area contributed by atoms with Gasteiger partial charge in [-0.3, -0.25) is 4.79 Å². The van der Waals surface area contributed by atoms with Crippen molar-refractivity contribution in [2.24, 2.45) is 0 Å². The van der Waals surface area contributed by atoms with Gasteiger partial charge in [-0.25, -0.2) is 0 Å². The molecule has 5 heteroatoms. The Morgan fingerprint density at radius 3 is 2.35 bits per heavy atom.